The molecule has 0 saturated carbocycles. The van der Waals surface area contributed by atoms with Gasteiger partial charge in [-0.1, -0.05) is 44.9 Å². The van der Waals surface area contributed by atoms with E-state index in [2.05, 4.69) is 0 Å². The predicted octanol–water partition coefficient (Wildman–Crippen LogP) is 6.49. The summed E-state index contributed by atoms with van der Waals surface area (Å²) >= 11 is 3.38. The van der Waals surface area contributed by atoms with Gasteiger partial charge < -0.3 is 4.74 Å². The molecular formula is C23H29FO3S2. The first-order valence-electron chi connectivity index (χ1n) is 10.6. The number of fused-ring (bicyclic) bond motifs is 2. The number of carbonyl (C=O) groups is 1. The van der Waals surface area contributed by atoms with Crippen molar-refractivity contribution in [2.24, 2.45) is 0 Å². The van der Waals surface area contributed by atoms with Crippen LogP contribution in [0.15, 0.2) is 27.2 Å². The van der Waals surface area contributed by atoms with E-state index in [-0.39, 0.29) is 17.2 Å². The number of thioether (sulfide) groups is 1. The monoisotopic (exact) mass is 436 g/mol. The second kappa shape index (κ2) is 11.1. The van der Waals surface area contributed by atoms with Crippen LogP contribution in [0.4, 0.5) is 4.39 Å². The molecule has 0 saturated heterocycles. The van der Waals surface area contributed by atoms with E-state index in [0.717, 1.165) is 40.2 Å². The van der Waals surface area contributed by atoms with Crippen LogP contribution < -0.4 is 5.43 Å². The molecule has 3 rings (SSSR count). The van der Waals surface area contributed by atoms with E-state index < -0.39 is 0 Å². The van der Waals surface area contributed by atoms with Crippen molar-refractivity contribution in [2.45, 2.75) is 80.6 Å². The molecule has 1 aliphatic heterocycles. The maximum atomic E-state index is 13.5. The van der Waals surface area contributed by atoms with Crippen molar-refractivity contribution in [3.05, 3.63) is 39.8 Å². The summed E-state index contributed by atoms with van der Waals surface area (Å²) in [5, 5.41) is 1.14. The zero-order valence-electron chi connectivity index (χ0n) is 17.0. The molecule has 2 heterocycles. The summed E-state index contributed by atoms with van der Waals surface area (Å²) in [7, 11) is 0. The van der Waals surface area contributed by atoms with E-state index in [0.29, 0.717) is 17.2 Å². The molecule has 1 aliphatic rings. The van der Waals surface area contributed by atoms with Crippen LogP contribution in [0.3, 0.4) is 0 Å². The van der Waals surface area contributed by atoms with Crippen LogP contribution in [-0.2, 0) is 16.0 Å². The van der Waals surface area contributed by atoms with E-state index in [1.807, 2.05) is 11.8 Å². The van der Waals surface area contributed by atoms with Gasteiger partial charge in [0.25, 0.3) is 0 Å². The quantitative estimate of drug-likeness (QED) is 0.298. The van der Waals surface area contributed by atoms with Gasteiger partial charge in [-0.3, -0.25) is 9.59 Å². The maximum absolute atomic E-state index is 13.5. The molecule has 3 nitrogen and oxygen atoms in total. The van der Waals surface area contributed by atoms with Crippen molar-refractivity contribution in [1.29, 1.82) is 0 Å². The van der Waals surface area contributed by atoms with E-state index in [1.165, 1.54) is 57.6 Å². The number of carbonyl (C=O) groups excluding carboxylic acids is 1. The number of hydrogen-bond acceptors (Lipinski definition) is 5. The second-order valence-corrected chi connectivity index (χ2v) is 10.4. The Balaban J connectivity index is 1.31. The third kappa shape index (κ3) is 6.54. The molecule has 0 aliphatic carbocycles. The Kier molecular flexibility index (Phi) is 8.54. The highest BCUT2D eigenvalue weighted by Crippen LogP contribution is 2.42. The van der Waals surface area contributed by atoms with E-state index in [1.54, 1.807) is 17.4 Å². The first-order chi connectivity index (χ1) is 14.0. The van der Waals surface area contributed by atoms with Crippen LogP contribution in [0, 0.1) is 5.82 Å². The lowest BCUT2D eigenvalue weighted by molar-refractivity contribution is -0.141. The Morgan fingerprint density at radius 2 is 1.79 bits per heavy atom. The summed E-state index contributed by atoms with van der Waals surface area (Å²) in [6.45, 7) is 2.00. The number of unbranched alkanes of at least 4 members (excludes halogenated alkanes) is 7. The molecule has 0 radical (unpaired) electrons. The van der Waals surface area contributed by atoms with Crippen LogP contribution in [0.1, 0.15) is 70.3 Å². The molecule has 29 heavy (non-hydrogen) atoms. The van der Waals surface area contributed by atoms with Gasteiger partial charge >= 0.3 is 5.97 Å². The molecule has 6 heteroatoms. The lowest BCUT2D eigenvalue weighted by atomic mass is 10.0. The normalized spacial score (nSPS) is 15.6. The van der Waals surface area contributed by atoms with Crippen molar-refractivity contribution < 1.29 is 13.9 Å². The number of rotatable bonds is 11. The Morgan fingerprint density at radius 3 is 2.52 bits per heavy atom. The lowest BCUT2D eigenvalue weighted by Crippen LogP contribution is -2.10. The standard InChI is InChI=1S/C23H29FO3S2/c1-16(25)27-13-9-7-5-3-2-4-6-8-10-18-15-20-22(26)19-12-11-17(24)14-21(19)29-23(20)28-18/h11-12,14,18H,2-10,13,15H2,1H3. The van der Waals surface area contributed by atoms with Gasteiger partial charge in [0, 0.05) is 27.8 Å². The van der Waals surface area contributed by atoms with Crippen LogP contribution in [0.5, 0.6) is 0 Å². The summed E-state index contributed by atoms with van der Waals surface area (Å²) in [6, 6.07) is 4.48. The van der Waals surface area contributed by atoms with Crippen LogP contribution in [-0.4, -0.2) is 17.8 Å². The number of esters is 1. The van der Waals surface area contributed by atoms with Gasteiger partial charge in [0.1, 0.15) is 5.82 Å². The first-order valence-corrected chi connectivity index (χ1v) is 12.3. The average molecular weight is 437 g/mol. The Morgan fingerprint density at radius 1 is 1.10 bits per heavy atom. The minimum Gasteiger partial charge on any atom is -0.466 e. The van der Waals surface area contributed by atoms with Crippen molar-refractivity contribution >= 4 is 39.2 Å². The molecule has 0 fully saturated rings. The highest BCUT2D eigenvalue weighted by atomic mass is 32.2. The molecule has 1 atom stereocenters. The lowest BCUT2D eigenvalue weighted by Gasteiger charge is -2.07. The molecule has 158 valence electrons. The smallest absolute Gasteiger partial charge is 0.302 e. The summed E-state index contributed by atoms with van der Waals surface area (Å²) in [6.07, 6.45) is 11.5. The van der Waals surface area contributed by atoms with Gasteiger partial charge in [-0.2, -0.15) is 0 Å². The molecule has 0 amide bonds. The summed E-state index contributed by atoms with van der Waals surface area (Å²) in [4.78, 5) is 23.4. The van der Waals surface area contributed by atoms with Gasteiger partial charge in [0.2, 0.25) is 0 Å². The minimum absolute atomic E-state index is 0.0949. The fraction of sp³-hybridized carbons (Fsp3) is 0.565. The number of hydrogen-bond donors (Lipinski definition) is 0. The van der Waals surface area contributed by atoms with Gasteiger partial charge in [-0.25, -0.2) is 4.39 Å². The Hall–Kier alpha value is -1.40. The van der Waals surface area contributed by atoms with Crippen LogP contribution in [0.2, 0.25) is 0 Å². The van der Waals surface area contributed by atoms with Gasteiger partial charge in [0.05, 0.1) is 10.8 Å². The minimum atomic E-state index is -0.281. The second-order valence-electron chi connectivity index (χ2n) is 7.74. The molecule has 1 aromatic heterocycles. The third-order valence-corrected chi connectivity index (χ3v) is 8.07. The molecule has 1 aromatic carbocycles. The summed E-state index contributed by atoms with van der Waals surface area (Å²) in [5.74, 6) is -0.472. The van der Waals surface area contributed by atoms with E-state index >= 15 is 0 Å². The highest BCUT2D eigenvalue weighted by Gasteiger charge is 2.26. The van der Waals surface area contributed by atoms with Crippen LogP contribution in [0.25, 0.3) is 10.1 Å². The Labute approximate surface area is 180 Å². The highest BCUT2D eigenvalue weighted by molar-refractivity contribution is 8.02. The van der Waals surface area contributed by atoms with Gasteiger partial charge in [0.15, 0.2) is 5.43 Å². The first kappa shape index (κ1) is 22.3. The Bertz CT molecular complexity index is 894. The number of halogens is 1. The average Bonchev–Trinajstić information content (AvgIpc) is 3.09. The fourth-order valence-corrected chi connectivity index (χ4v) is 6.76. The van der Waals surface area contributed by atoms with Crippen LogP contribution >= 0.6 is 23.1 Å². The fourth-order valence-electron chi connectivity index (χ4n) is 3.79. The van der Waals surface area contributed by atoms with Crippen molar-refractivity contribution in [2.75, 3.05) is 6.61 Å². The van der Waals surface area contributed by atoms with Crippen molar-refractivity contribution in [3.63, 3.8) is 0 Å². The molecule has 0 spiro atoms. The summed E-state index contributed by atoms with van der Waals surface area (Å²) in [5.41, 5.74) is 1.04. The predicted molar refractivity (Wildman–Crippen MR) is 120 cm³/mol. The van der Waals surface area contributed by atoms with Crippen molar-refractivity contribution in [3.8, 4) is 0 Å². The zero-order valence-corrected chi connectivity index (χ0v) is 18.6. The third-order valence-electron chi connectivity index (χ3n) is 5.34. The maximum Gasteiger partial charge on any atom is 0.302 e. The van der Waals surface area contributed by atoms with E-state index in [4.69, 9.17) is 4.74 Å². The van der Waals surface area contributed by atoms with E-state index in [9.17, 15) is 14.0 Å². The molecule has 1 unspecified atom stereocenters. The van der Waals surface area contributed by atoms with Crippen molar-refractivity contribution in [1.82, 2.24) is 0 Å². The largest absolute Gasteiger partial charge is 0.466 e. The molecule has 2 aromatic rings. The molecular weight excluding hydrogens is 407 g/mol. The molecule has 0 N–H and O–H groups in total. The zero-order chi connectivity index (χ0) is 20.6. The SMILES string of the molecule is CC(=O)OCCCCCCCCCCC1Cc2c(sc3cc(F)ccc3c2=O)S1. The summed E-state index contributed by atoms with van der Waals surface area (Å²) < 4.78 is 20.3. The topological polar surface area (TPSA) is 43.4 Å². The number of ether oxygens (including phenoxy) is 1. The number of benzene rings is 1. The molecule has 0 bridgehead atoms. The van der Waals surface area contributed by atoms with Gasteiger partial charge in [-0.15, -0.1) is 23.1 Å². The van der Waals surface area contributed by atoms with Gasteiger partial charge in [-0.05, 0) is 37.5 Å².